The van der Waals surface area contributed by atoms with Crippen LogP contribution >= 0.6 is 0 Å². The molecule has 0 aliphatic carbocycles. The van der Waals surface area contributed by atoms with Crippen LogP contribution in [0.3, 0.4) is 0 Å². The van der Waals surface area contributed by atoms with Crippen molar-refractivity contribution in [2.24, 2.45) is 0 Å². The van der Waals surface area contributed by atoms with Crippen molar-refractivity contribution in [2.45, 2.75) is 38.1 Å². The first kappa shape index (κ1) is 15.5. The third-order valence-corrected chi connectivity index (χ3v) is 4.51. The van der Waals surface area contributed by atoms with E-state index in [9.17, 15) is 5.11 Å². The Kier molecular flexibility index (Phi) is 6.02. The number of nitrogens with zero attached hydrogens (tertiary/aromatic N) is 1. The van der Waals surface area contributed by atoms with Gasteiger partial charge in [-0.05, 0) is 50.9 Å². The maximum atomic E-state index is 9.27. The number of hydrogen-bond donors (Lipinski definition) is 2. The smallest absolute Gasteiger partial charge is 0.0448 e. The lowest BCUT2D eigenvalue weighted by Gasteiger charge is -2.42. The quantitative estimate of drug-likeness (QED) is 0.800. The summed E-state index contributed by atoms with van der Waals surface area (Å²) in [5.41, 5.74) is 1.60. The number of nitrogens with one attached hydrogen (secondary N) is 1. The summed E-state index contributed by atoms with van der Waals surface area (Å²) in [5, 5.41) is 12.9. The van der Waals surface area contributed by atoms with Crippen molar-refractivity contribution in [1.29, 1.82) is 0 Å². The van der Waals surface area contributed by atoms with Gasteiger partial charge in [0, 0.05) is 18.7 Å². The molecule has 0 bridgehead atoms. The summed E-state index contributed by atoms with van der Waals surface area (Å²) in [4.78, 5) is 2.56. The Morgan fingerprint density at radius 3 is 2.50 bits per heavy atom. The van der Waals surface area contributed by atoms with Gasteiger partial charge in [-0.3, -0.25) is 0 Å². The normalized spacial score (nSPS) is 19.1. The molecule has 3 nitrogen and oxygen atoms in total. The van der Waals surface area contributed by atoms with E-state index in [-0.39, 0.29) is 12.1 Å². The summed E-state index contributed by atoms with van der Waals surface area (Å²) in [6, 6.07) is 10.7. The van der Waals surface area contributed by atoms with Gasteiger partial charge in [0.1, 0.15) is 0 Å². The number of likely N-dealkylation sites (tertiary alicyclic amines) is 1. The minimum atomic E-state index is 0.173. The van der Waals surface area contributed by atoms with Crippen molar-refractivity contribution in [2.75, 3.05) is 32.8 Å². The van der Waals surface area contributed by atoms with Gasteiger partial charge >= 0.3 is 0 Å². The van der Waals surface area contributed by atoms with E-state index in [1.165, 1.54) is 5.56 Å². The molecule has 1 aliphatic rings. The van der Waals surface area contributed by atoms with Crippen LogP contribution in [-0.2, 0) is 6.42 Å². The first-order valence-electron chi connectivity index (χ1n) is 7.90. The second-order valence-corrected chi connectivity index (χ2v) is 5.86. The lowest BCUT2D eigenvalue weighted by Crippen LogP contribution is -2.54. The summed E-state index contributed by atoms with van der Waals surface area (Å²) in [5.74, 6) is 0. The van der Waals surface area contributed by atoms with Crippen molar-refractivity contribution >= 4 is 0 Å². The zero-order valence-electron chi connectivity index (χ0n) is 12.6. The van der Waals surface area contributed by atoms with Gasteiger partial charge in [-0.2, -0.15) is 0 Å². The molecule has 20 heavy (non-hydrogen) atoms. The molecule has 1 fully saturated rings. The summed E-state index contributed by atoms with van der Waals surface area (Å²) in [6.45, 7) is 6.85. The number of hydrogen-bond acceptors (Lipinski definition) is 3. The second kappa shape index (κ2) is 7.77. The van der Waals surface area contributed by atoms with E-state index in [2.05, 4.69) is 47.5 Å². The molecule has 1 saturated heterocycles. The third kappa shape index (κ3) is 4.30. The molecule has 0 spiro atoms. The van der Waals surface area contributed by atoms with E-state index < -0.39 is 0 Å². The van der Waals surface area contributed by atoms with Crippen molar-refractivity contribution in [3.8, 4) is 0 Å². The molecule has 0 aromatic heterocycles. The molecule has 0 radical (unpaired) electrons. The van der Waals surface area contributed by atoms with E-state index in [0.29, 0.717) is 0 Å². The molecule has 0 amide bonds. The topological polar surface area (TPSA) is 35.5 Å². The van der Waals surface area contributed by atoms with Crippen molar-refractivity contribution in [1.82, 2.24) is 10.2 Å². The van der Waals surface area contributed by atoms with E-state index in [4.69, 9.17) is 0 Å². The highest BCUT2D eigenvalue weighted by Gasteiger charge is 2.32. The van der Waals surface area contributed by atoms with Crippen molar-refractivity contribution in [3.05, 3.63) is 35.9 Å². The highest BCUT2D eigenvalue weighted by molar-refractivity contribution is 5.14. The lowest BCUT2D eigenvalue weighted by atomic mass is 9.84. The first-order chi connectivity index (χ1) is 9.78. The molecule has 1 heterocycles. The Labute approximate surface area is 123 Å². The predicted octanol–water partition coefficient (Wildman–Crippen LogP) is 2.06. The lowest BCUT2D eigenvalue weighted by molar-refractivity contribution is 0.110. The minimum absolute atomic E-state index is 0.173. The van der Waals surface area contributed by atoms with Crippen LogP contribution in [0.25, 0.3) is 0 Å². The molecular formula is C17H28N2O. The molecule has 1 aliphatic heterocycles. The minimum Gasteiger partial charge on any atom is -0.396 e. The summed E-state index contributed by atoms with van der Waals surface area (Å²) < 4.78 is 0. The predicted molar refractivity (Wildman–Crippen MR) is 83.9 cm³/mol. The van der Waals surface area contributed by atoms with E-state index >= 15 is 0 Å². The van der Waals surface area contributed by atoms with Gasteiger partial charge in [0.05, 0.1) is 0 Å². The van der Waals surface area contributed by atoms with Gasteiger partial charge in [0.15, 0.2) is 0 Å². The Morgan fingerprint density at radius 1 is 1.20 bits per heavy atom. The molecule has 2 N–H and O–H groups in total. The second-order valence-electron chi connectivity index (χ2n) is 5.86. The van der Waals surface area contributed by atoms with Gasteiger partial charge < -0.3 is 15.3 Å². The molecule has 112 valence electrons. The molecule has 0 atom stereocenters. The highest BCUT2D eigenvalue weighted by atomic mass is 16.3. The van der Waals surface area contributed by atoms with Gasteiger partial charge in [-0.1, -0.05) is 37.3 Å². The van der Waals surface area contributed by atoms with Crippen molar-refractivity contribution < 1.29 is 5.11 Å². The number of piperidine rings is 1. The molecule has 0 saturated carbocycles. The Hall–Kier alpha value is -0.900. The van der Waals surface area contributed by atoms with Crippen LogP contribution in [0.5, 0.6) is 0 Å². The van der Waals surface area contributed by atoms with Crippen LogP contribution in [0.2, 0.25) is 0 Å². The zero-order chi connectivity index (χ0) is 14.3. The summed E-state index contributed by atoms with van der Waals surface area (Å²) >= 11 is 0. The Morgan fingerprint density at radius 2 is 1.90 bits per heavy atom. The van der Waals surface area contributed by atoms with Gasteiger partial charge in [-0.25, -0.2) is 0 Å². The zero-order valence-corrected chi connectivity index (χ0v) is 12.6. The number of rotatable bonds is 7. The molecular weight excluding hydrogens is 248 g/mol. The standard InChI is InChI=1S/C17H28N2O/c1-2-18-17(11-15-20)9-13-19(14-10-17)12-8-16-6-4-3-5-7-16/h3-7,18,20H,2,8-15H2,1H3. The van der Waals surface area contributed by atoms with Gasteiger partial charge in [0.25, 0.3) is 0 Å². The van der Waals surface area contributed by atoms with E-state index in [1.54, 1.807) is 0 Å². The van der Waals surface area contributed by atoms with Gasteiger partial charge in [-0.15, -0.1) is 0 Å². The number of aliphatic hydroxyl groups is 1. The monoisotopic (exact) mass is 276 g/mol. The molecule has 1 aromatic rings. The fourth-order valence-electron chi connectivity index (χ4n) is 3.24. The SMILES string of the molecule is CCNC1(CCO)CCN(CCc2ccccc2)CC1. The molecule has 3 heteroatoms. The average Bonchev–Trinajstić information content (AvgIpc) is 2.48. The molecule has 0 unspecified atom stereocenters. The van der Waals surface area contributed by atoms with Crippen LogP contribution in [-0.4, -0.2) is 48.3 Å². The fraction of sp³-hybridized carbons (Fsp3) is 0.647. The van der Waals surface area contributed by atoms with Crippen LogP contribution in [0.4, 0.5) is 0 Å². The third-order valence-electron chi connectivity index (χ3n) is 4.51. The summed E-state index contributed by atoms with van der Waals surface area (Å²) in [6.07, 6.45) is 4.31. The fourth-order valence-corrected chi connectivity index (χ4v) is 3.24. The largest absolute Gasteiger partial charge is 0.396 e. The van der Waals surface area contributed by atoms with Crippen LogP contribution in [0, 0.1) is 0 Å². The van der Waals surface area contributed by atoms with E-state index in [0.717, 1.165) is 51.9 Å². The Bertz CT molecular complexity index is 364. The number of aliphatic hydroxyl groups excluding tert-OH is 1. The highest BCUT2D eigenvalue weighted by Crippen LogP contribution is 2.25. The Balaban J connectivity index is 1.78. The molecule has 1 aromatic carbocycles. The van der Waals surface area contributed by atoms with Crippen LogP contribution in [0.15, 0.2) is 30.3 Å². The molecule has 2 rings (SSSR count). The van der Waals surface area contributed by atoms with Gasteiger partial charge in [0.2, 0.25) is 0 Å². The first-order valence-corrected chi connectivity index (χ1v) is 7.90. The van der Waals surface area contributed by atoms with Crippen LogP contribution < -0.4 is 5.32 Å². The summed E-state index contributed by atoms with van der Waals surface area (Å²) in [7, 11) is 0. The van der Waals surface area contributed by atoms with Crippen molar-refractivity contribution in [3.63, 3.8) is 0 Å². The maximum Gasteiger partial charge on any atom is 0.0448 e. The number of benzene rings is 1. The average molecular weight is 276 g/mol. The maximum absolute atomic E-state index is 9.27. The van der Waals surface area contributed by atoms with E-state index in [1.807, 2.05) is 0 Å². The van der Waals surface area contributed by atoms with Crippen LogP contribution in [0.1, 0.15) is 31.7 Å².